The fraction of sp³-hybridized carbons (Fsp3) is 0.0392. The SMILES string of the molecule is Cc1ccc2c(c1)oc1ccccc12.N=Cc1cccc2sc3ccc(-c4cccc(-c5ccccc5-c5ccccc5)c4)cc3c12.NCc1ccccc1. The van der Waals surface area contributed by atoms with Gasteiger partial charge in [0.2, 0.25) is 0 Å². The van der Waals surface area contributed by atoms with E-state index in [4.69, 9.17) is 15.6 Å². The third kappa shape index (κ3) is 7.60. The first-order chi connectivity index (χ1) is 27.1. The largest absolute Gasteiger partial charge is 0.456 e. The Hall–Kier alpha value is -6.59. The van der Waals surface area contributed by atoms with Crippen LogP contribution in [0.1, 0.15) is 16.7 Å². The second-order valence-corrected chi connectivity index (χ2v) is 14.5. The minimum Gasteiger partial charge on any atom is -0.456 e. The molecule has 0 fully saturated rings. The Morgan fingerprint density at radius 1 is 0.509 bits per heavy atom. The molecule has 0 atom stereocenters. The lowest BCUT2D eigenvalue weighted by Crippen LogP contribution is -1.94. The predicted octanol–water partition coefficient (Wildman–Crippen LogP) is 14.1. The summed E-state index contributed by atoms with van der Waals surface area (Å²) in [5.41, 5.74) is 18.0. The molecule has 0 saturated carbocycles. The number of benzene rings is 8. The summed E-state index contributed by atoms with van der Waals surface area (Å²) >= 11 is 1.79. The molecule has 8 aromatic carbocycles. The van der Waals surface area contributed by atoms with Crippen LogP contribution < -0.4 is 5.73 Å². The Kier molecular flexibility index (Phi) is 10.4. The van der Waals surface area contributed by atoms with Crippen LogP contribution in [0, 0.1) is 12.3 Å². The molecule has 0 aliphatic carbocycles. The van der Waals surface area contributed by atoms with Gasteiger partial charge in [0.05, 0.1) is 0 Å². The minimum atomic E-state index is 0.640. The van der Waals surface area contributed by atoms with Crippen molar-refractivity contribution in [3.63, 3.8) is 0 Å². The van der Waals surface area contributed by atoms with E-state index in [0.717, 1.165) is 16.7 Å². The van der Waals surface area contributed by atoms with Crippen molar-refractivity contribution >= 4 is 59.7 Å². The zero-order valence-corrected chi connectivity index (χ0v) is 31.4. The summed E-state index contributed by atoms with van der Waals surface area (Å²) in [6.45, 7) is 2.72. The van der Waals surface area contributed by atoms with Crippen LogP contribution in [-0.4, -0.2) is 6.21 Å². The molecule has 266 valence electrons. The summed E-state index contributed by atoms with van der Waals surface area (Å²) in [4.78, 5) is 0. The summed E-state index contributed by atoms with van der Waals surface area (Å²) in [5.74, 6) is 0. The second kappa shape index (κ2) is 16.2. The average Bonchev–Trinajstić information content (AvgIpc) is 3.82. The molecule has 0 unspecified atom stereocenters. The van der Waals surface area contributed by atoms with Crippen LogP contribution in [0.15, 0.2) is 192 Å². The lowest BCUT2D eigenvalue weighted by atomic mass is 9.92. The fourth-order valence-corrected chi connectivity index (χ4v) is 8.19. The van der Waals surface area contributed by atoms with Gasteiger partial charge in [-0.15, -0.1) is 11.3 Å². The lowest BCUT2D eigenvalue weighted by Gasteiger charge is -2.12. The van der Waals surface area contributed by atoms with Gasteiger partial charge in [-0.2, -0.15) is 0 Å². The molecule has 2 aromatic heterocycles. The molecule has 0 aliphatic heterocycles. The first-order valence-corrected chi connectivity index (χ1v) is 19.2. The van der Waals surface area contributed by atoms with Gasteiger partial charge in [-0.3, -0.25) is 0 Å². The van der Waals surface area contributed by atoms with E-state index >= 15 is 0 Å². The van der Waals surface area contributed by atoms with E-state index < -0.39 is 0 Å². The molecule has 3 N–H and O–H groups in total. The topological polar surface area (TPSA) is 63.0 Å². The van der Waals surface area contributed by atoms with Gasteiger partial charge in [-0.05, 0) is 87.8 Å². The highest BCUT2D eigenvalue weighted by Gasteiger charge is 2.12. The molecular weight excluding hydrogens is 689 g/mol. The maximum absolute atomic E-state index is 7.85. The Labute approximate surface area is 325 Å². The highest BCUT2D eigenvalue weighted by molar-refractivity contribution is 7.25. The van der Waals surface area contributed by atoms with E-state index in [1.54, 1.807) is 11.3 Å². The van der Waals surface area contributed by atoms with Crippen LogP contribution >= 0.6 is 11.3 Å². The maximum Gasteiger partial charge on any atom is 0.135 e. The van der Waals surface area contributed by atoms with Gasteiger partial charge < -0.3 is 15.6 Å². The minimum absolute atomic E-state index is 0.640. The van der Waals surface area contributed by atoms with Crippen molar-refractivity contribution in [2.45, 2.75) is 13.5 Å². The van der Waals surface area contributed by atoms with Gasteiger partial charge in [0.15, 0.2) is 0 Å². The Morgan fingerprint density at radius 2 is 1.15 bits per heavy atom. The third-order valence-corrected chi connectivity index (χ3v) is 11.0. The smallest absolute Gasteiger partial charge is 0.135 e. The number of hydrogen-bond acceptors (Lipinski definition) is 4. The van der Waals surface area contributed by atoms with Crippen LogP contribution in [0.25, 0.3) is 75.5 Å². The Balaban J connectivity index is 0.000000158. The molecule has 4 heteroatoms. The molecule has 3 nitrogen and oxygen atoms in total. The monoisotopic (exact) mass is 728 g/mol. The van der Waals surface area contributed by atoms with Crippen molar-refractivity contribution in [3.05, 3.63) is 205 Å². The molecular formula is C51H40N2OS. The first kappa shape index (κ1) is 35.4. The molecule has 0 amide bonds. The summed E-state index contributed by atoms with van der Waals surface area (Å²) in [6, 6.07) is 65.3. The van der Waals surface area contributed by atoms with Gasteiger partial charge in [0.1, 0.15) is 11.2 Å². The Morgan fingerprint density at radius 3 is 1.91 bits per heavy atom. The number of thiophene rings is 1. The highest BCUT2D eigenvalue weighted by Crippen LogP contribution is 2.39. The summed E-state index contributed by atoms with van der Waals surface area (Å²) < 4.78 is 8.22. The molecule has 0 radical (unpaired) electrons. The molecule has 2 heterocycles. The van der Waals surface area contributed by atoms with Crippen molar-refractivity contribution in [1.29, 1.82) is 5.41 Å². The van der Waals surface area contributed by atoms with E-state index in [2.05, 4.69) is 134 Å². The van der Waals surface area contributed by atoms with E-state index in [-0.39, 0.29) is 0 Å². The molecule has 0 aliphatic rings. The predicted molar refractivity (Wildman–Crippen MR) is 236 cm³/mol. The van der Waals surface area contributed by atoms with E-state index in [1.165, 1.54) is 81.7 Å². The summed E-state index contributed by atoms with van der Waals surface area (Å²) in [7, 11) is 0. The van der Waals surface area contributed by atoms with Crippen molar-refractivity contribution in [2.24, 2.45) is 5.73 Å². The quantitative estimate of drug-likeness (QED) is 0.173. The van der Waals surface area contributed by atoms with Crippen LogP contribution in [0.2, 0.25) is 0 Å². The normalized spacial score (nSPS) is 10.9. The zero-order valence-electron chi connectivity index (χ0n) is 30.6. The van der Waals surface area contributed by atoms with Crippen LogP contribution in [0.3, 0.4) is 0 Å². The van der Waals surface area contributed by atoms with Gasteiger partial charge >= 0.3 is 0 Å². The average molecular weight is 729 g/mol. The summed E-state index contributed by atoms with van der Waals surface area (Å²) in [6.07, 6.45) is 1.46. The number of hydrogen-bond donors (Lipinski definition) is 2. The van der Waals surface area contributed by atoms with Crippen LogP contribution in [-0.2, 0) is 6.54 Å². The van der Waals surface area contributed by atoms with Crippen LogP contribution in [0.4, 0.5) is 0 Å². The summed E-state index contributed by atoms with van der Waals surface area (Å²) in [5, 5.41) is 12.7. The maximum atomic E-state index is 7.85. The number of rotatable bonds is 5. The van der Waals surface area contributed by atoms with Gasteiger partial charge in [0, 0.05) is 49.3 Å². The van der Waals surface area contributed by atoms with Crippen molar-refractivity contribution in [2.75, 3.05) is 0 Å². The highest BCUT2D eigenvalue weighted by atomic mass is 32.1. The second-order valence-electron chi connectivity index (χ2n) is 13.5. The van der Waals surface area contributed by atoms with E-state index in [1.807, 2.05) is 60.7 Å². The number of fused-ring (bicyclic) bond motifs is 6. The number of nitrogens with one attached hydrogen (secondary N) is 1. The molecule has 10 rings (SSSR count). The zero-order chi connectivity index (χ0) is 37.6. The van der Waals surface area contributed by atoms with Crippen molar-refractivity contribution in [3.8, 4) is 33.4 Å². The van der Waals surface area contributed by atoms with Gasteiger partial charge in [0.25, 0.3) is 0 Å². The molecule has 0 saturated heterocycles. The molecule has 55 heavy (non-hydrogen) atoms. The van der Waals surface area contributed by atoms with Gasteiger partial charge in [-0.1, -0.05) is 152 Å². The number of aryl methyl sites for hydroxylation is 1. The van der Waals surface area contributed by atoms with E-state index in [0.29, 0.717) is 6.54 Å². The standard InChI is InChI=1S/C31H21NS.C13H10O.C7H9N/c32-20-25-12-7-15-30-31(25)28-19-23(16-17-29(28)33-30)22-10-6-11-24(18-22)27-14-5-4-13-26(27)21-8-2-1-3-9-21;1-9-6-7-11-10-4-2-3-5-12(10)14-13(11)8-9;8-6-7-4-2-1-3-5-7/h1-20,32H;2-8H,1H3;1-5H,6,8H2. The molecule has 0 bridgehead atoms. The van der Waals surface area contributed by atoms with Crippen molar-refractivity contribution < 1.29 is 4.42 Å². The van der Waals surface area contributed by atoms with Crippen LogP contribution in [0.5, 0.6) is 0 Å². The van der Waals surface area contributed by atoms with E-state index in [9.17, 15) is 0 Å². The van der Waals surface area contributed by atoms with Gasteiger partial charge in [-0.25, -0.2) is 0 Å². The number of para-hydroxylation sites is 1. The number of furan rings is 1. The molecule has 10 aromatic rings. The number of nitrogens with two attached hydrogens (primary N) is 1. The lowest BCUT2D eigenvalue weighted by molar-refractivity contribution is 0.668. The fourth-order valence-electron chi connectivity index (χ4n) is 7.07. The Bertz CT molecular complexity index is 2890. The van der Waals surface area contributed by atoms with Crippen molar-refractivity contribution in [1.82, 2.24) is 0 Å². The third-order valence-electron chi connectivity index (χ3n) is 9.81. The molecule has 0 spiro atoms. The first-order valence-electron chi connectivity index (χ1n) is 18.4.